The number of carbonyl (C=O) groups excluding carboxylic acids is 2. The van der Waals surface area contributed by atoms with Gasteiger partial charge in [-0.15, -0.1) is 0 Å². The number of benzene rings is 2. The molecule has 2 aliphatic heterocycles. The highest BCUT2D eigenvalue weighted by Crippen LogP contribution is 2.36. The van der Waals surface area contributed by atoms with E-state index >= 15 is 0 Å². The number of carbonyl (C=O) groups is 2. The van der Waals surface area contributed by atoms with Gasteiger partial charge in [-0.3, -0.25) is 14.5 Å². The third-order valence-corrected chi connectivity index (χ3v) is 6.02. The molecule has 2 aliphatic rings. The van der Waals surface area contributed by atoms with Crippen molar-refractivity contribution in [2.75, 3.05) is 19.2 Å². The van der Waals surface area contributed by atoms with Crippen molar-refractivity contribution < 1.29 is 19.1 Å². The number of thioether (sulfide) groups is 1. The Morgan fingerprint density at radius 3 is 2.75 bits per heavy atom. The third-order valence-electron chi connectivity index (χ3n) is 4.25. The van der Waals surface area contributed by atoms with Crippen LogP contribution in [0.4, 0.5) is 11.4 Å². The van der Waals surface area contributed by atoms with Crippen molar-refractivity contribution in [3.05, 3.63) is 46.9 Å². The molecule has 1 atom stereocenters. The van der Waals surface area contributed by atoms with Crippen LogP contribution in [0, 0.1) is 0 Å². The number of amides is 2. The minimum atomic E-state index is -0.555. The van der Waals surface area contributed by atoms with Gasteiger partial charge in [0.1, 0.15) is 5.25 Å². The van der Waals surface area contributed by atoms with Crippen LogP contribution in [-0.4, -0.2) is 41.0 Å². The Labute approximate surface area is 174 Å². The molecule has 28 heavy (non-hydrogen) atoms. The van der Waals surface area contributed by atoms with E-state index in [1.807, 2.05) is 12.1 Å². The van der Waals surface area contributed by atoms with Crippen LogP contribution in [0.25, 0.3) is 0 Å². The van der Waals surface area contributed by atoms with E-state index in [-0.39, 0.29) is 25.0 Å². The monoisotopic (exact) mass is 461 g/mol. The SMILES string of the molecule is CN1C(=O)CC(C(=O)Nc2ccc(Br)cc2)SC1=Nc1ccc2c(c1)OCO2. The molecule has 0 aliphatic carbocycles. The van der Waals surface area contributed by atoms with E-state index in [1.54, 1.807) is 37.4 Å². The highest BCUT2D eigenvalue weighted by Gasteiger charge is 2.34. The molecule has 0 radical (unpaired) electrons. The summed E-state index contributed by atoms with van der Waals surface area (Å²) in [4.78, 5) is 31.1. The molecule has 2 aromatic carbocycles. The predicted octanol–water partition coefficient (Wildman–Crippen LogP) is 3.77. The molecular formula is C19H16BrN3O4S. The number of ether oxygens (including phenoxy) is 2. The summed E-state index contributed by atoms with van der Waals surface area (Å²) < 4.78 is 11.6. The normalized spacial score (nSPS) is 19.8. The summed E-state index contributed by atoms with van der Waals surface area (Å²) in [6, 6.07) is 12.6. The summed E-state index contributed by atoms with van der Waals surface area (Å²) in [5, 5.41) is 2.76. The molecule has 0 bridgehead atoms. The molecule has 0 saturated carbocycles. The molecule has 2 aromatic rings. The number of aliphatic imine (C=N–C) groups is 1. The smallest absolute Gasteiger partial charge is 0.238 e. The third kappa shape index (κ3) is 4.00. The number of anilines is 1. The number of fused-ring (bicyclic) bond motifs is 1. The zero-order valence-corrected chi connectivity index (χ0v) is 17.2. The lowest BCUT2D eigenvalue weighted by Crippen LogP contribution is -2.43. The van der Waals surface area contributed by atoms with E-state index < -0.39 is 5.25 Å². The summed E-state index contributed by atoms with van der Waals surface area (Å²) in [6.45, 7) is 0.181. The number of hydrogen-bond acceptors (Lipinski definition) is 6. The van der Waals surface area contributed by atoms with E-state index in [1.165, 1.54) is 16.7 Å². The Bertz CT molecular complexity index is 964. The van der Waals surface area contributed by atoms with Crippen molar-refractivity contribution in [2.45, 2.75) is 11.7 Å². The summed E-state index contributed by atoms with van der Waals surface area (Å²) in [7, 11) is 1.66. The van der Waals surface area contributed by atoms with Crippen molar-refractivity contribution in [2.24, 2.45) is 4.99 Å². The van der Waals surface area contributed by atoms with Crippen LogP contribution in [0.15, 0.2) is 51.9 Å². The second kappa shape index (κ2) is 7.84. The van der Waals surface area contributed by atoms with Gasteiger partial charge in [0, 0.05) is 29.7 Å². The van der Waals surface area contributed by atoms with Gasteiger partial charge in [-0.25, -0.2) is 4.99 Å². The van der Waals surface area contributed by atoms with Gasteiger partial charge < -0.3 is 14.8 Å². The van der Waals surface area contributed by atoms with Gasteiger partial charge in [-0.1, -0.05) is 27.7 Å². The second-order valence-corrected chi connectivity index (χ2v) is 8.28. The molecule has 1 saturated heterocycles. The first kappa shape index (κ1) is 18.8. The van der Waals surface area contributed by atoms with Crippen LogP contribution in [0.1, 0.15) is 6.42 Å². The molecule has 9 heteroatoms. The maximum atomic E-state index is 12.7. The molecule has 2 amide bonds. The van der Waals surface area contributed by atoms with Crippen molar-refractivity contribution in [3.63, 3.8) is 0 Å². The Morgan fingerprint density at radius 1 is 1.21 bits per heavy atom. The van der Waals surface area contributed by atoms with Crippen LogP contribution < -0.4 is 14.8 Å². The summed E-state index contributed by atoms with van der Waals surface area (Å²) in [5.74, 6) is 0.888. The quantitative estimate of drug-likeness (QED) is 0.752. The average molecular weight is 462 g/mol. The lowest BCUT2D eigenvalue weighted by Gasteiger charge is -2.28. The molecular weight excluding hydrogens is 446 g/mol. The first-order chi connectivity index (χ1) is 13.5. The van der Waals surface area contributed by atoms with Gasteiger partial charge in [0.05, 0.1) is 5.69 Å². The second-order valence-electron chi connectivity index (χ2n) is 6.19. The minimum Gasteiger partial charge on any atom is -0.454 e. The van der Waals surface area contributed by atoms with Crippen molar-refractivity contribution >= 4 is 56.0 Å². The van der Waals surface area contributed by atoms with E-state index in [2.05, 4.69) is 26.2 Å². The summed E-state index contributed by atoms with van der Waals surface area (Å²) >= 11 is 4.62. The summed E-state index contributed by atoms with van der Waals surface area (Å²) in [5.41, 5.74) is 1.30. The fourth-order valence-corrected chi connectivity index (χ4v) is 4.05. The highest BCUT2D eigenvalue weighted by molar-refractivity contribution is 9.10. The highest BCUT2D eigenvalue weighted by atomic mass is 79.9. The van der Waals surface area contributed by atoms with Gasteiger partial charge in [0.2, 0.25) is 18.6 Å². The Balaban J connectivity index is 1.52. The molecule has 1 fully saturated rings. The van der Waals surface area contributed by atoms with Crippen LogP contribution in [0.2, 0.25) is 0 Å². The molecule has 2 heterocycles. The van der Waals surface area contributed by atoms with E-state index in [4.69, 9.17) is 9.47 Å². The largest absolute Gasteiger partial charge is 0.454 e. The van der Waals surface area contributed by atoms with Crippen molar-refractivity contribution in [1.29, 1.82) is 0 Å². The van der Waals surface area contributed by atoms with E-state index in [0.29, 0.717) is 28.0 Å². The van der Waals surface area contributed by atoms with Gasteiger partial charge in [0.25, 0.3) is 0 Å². The summed E-state index contributed by atoms with van der Waals surface area (Å²) in [6.07, 6.45) is 0.115. The average Bonchev–Trinajstić information content (AvgIpc) is 3.15. The molecule has 1 unspecified atom stereocenters. The topological polar surface area (TPSA) is 80.2 Å². The first-order valence-corrected chi connectivity index (χ1v) is 10.1. The number of hydrogen-bond donors (Lipinski definition) is 1. The van der Waals surface area contributed by atoms with Crippen LogP contribution in [-0.2, 0) is 9.59 Å². The maximum absolute atomic E-state index is 12.7. The molecule has 4 rings (SSSR count). The van der Waals surface area contributed by atoms with E-state index in [0.717, 1.165) is 4.47 Å². The predicted molar refractivity (Wildman–Crippen MR) is 111 cm³/mol. The van der Waals surface area contributed by atoms with Crippen molar-refractivity contribution in [1.82, 2.24) is 4.90 Å². The van der Waals surface area contributed by atoms with Gasteiger partial charge in [-0.05, 0) is 36.4 Å². The van der Waals surface area contributed by atoms with Crippen LogP contribution in [0.3, 0.4) is 0 Å². The number of rotatable bonds is 3. The van der Waals surface area contributed by atoms with Crippen molar-refractivity contribution in [3.8, 4) is 11.5 Å². The van der Waals surface area contributed by atoms with Gasteiger partial charge in [-0.2, -0.15) is 0 Å². The lowest BCUT2D eigenvalue weighted by atomic mass is 10.2. The Kier molecular flexibility index (Phi) is 5.27. The molecule has 7 nitrogen and oxygen atoms in total. The molecule has 144 valence electrons. The number of nitrogens with one attached hydrogen (secondary N) is 1. The Morgan fingerprint density at radius 2 is 1.96 bits per heavy atom. The maximum Gasteiger partial charge on any atom is 0.238 e. The minimum absolute atomic E-state index is 0.115. The molecule has 0 aromatic heterocycles. The fraction of sp³-hybridized carbons (Fsp3) is 0.211. The zero-order valence-electron chi connectivity index (χ0n) is 14.8. The molecule has 1 N–H and O–H groups in total. The standard InChI is InChI=1S/C19H16BrN3O4S/c1-23-17(24)9-16(18(25)21-12-4-2-11(20)3-5-12)28-19(23)22-13-6-7-14-15(8-13)27-10-26-14/h2-8,16H,9-10H2,1H3,(H,21,25). The van der Waals surface area contributed by atoms with Crippen LogP contribution in [0.5, 0.6) is 11.5 Å². The molecule has 0 spiro atoms. The lowest BCUT2D eigenvalue weighted by molar-refractivity contribution is -0.128. The fourth-order valence-electron chi connectivity index (χ4n) is 2.72. The number of amidine groups is 1. The first-order valence-electron chi connectivity index (χ1n) is 8.47. The number of halogens is 1. The van der Waals surface area contributed by atoms with Gasteiger partial charge in [0.15, 0.2) is 16.7 Å². The van der Waals surface area contributed by atoms with E-state index in [9.17, 15) is 9.59 Å². The zero-order chi connectivity index (χ0) is 19.7. The number of nitrogens with zero attached hydrogens (tertiary/aromatic N) is 2. The van der Waals surface area contributed by atoms with Gasteiger partial charge >= 0.3 is 0 Å². The van der Waals surface area contributed by atoms with Crippen LogP contribution >= 0.6 is 27.7 Å². The Hall–Kier alpha value is -2.52.